The molecule has 0 atom stereocenters. The highest BCUT2D eigenvalue weighted by Crippen LogP contribution is 2.17. The van der Waals surface area contributed by atoms with E-state index in [1.165, 1.54) is 14.0 Å². The molecule has 0 aromatic heterocycles. The number of ketones is 1. The summed E-state index contributed by atoms with van der Waals surface area (Å²) in [5.41, 5.74) is 2.20. The van der Waals surface area contributed by atoms with Crippen LogP contribution >= 0.6 is 12.2 Å². The molecule has 0 spiro atoms. The van der Waals surface area contributed by atoms with E-state index >= 15 is 0 Å². The predicted octanol–water partition coefficient (Wildman–Crippen LogP) is 3.48. The zero-order valence-corrected chi connectivity index (χ0v) is 13.6. The summed E-state index contributed by atoms with van der Waals surface area (Å²) in [4.78, 5) is 23.1. The highest BCUT2D eigenvalue weighted by atomic mass is 32.1. The van der Waals surface area contributed by atoms with Gasteiger partial charge in [-0.25, -0.2) is 4.79 Å². The van der Waals surface area contributed by atoms with Crippen LogP contribution in [-0.2, 0) is 4.74 Å². The average Bonchev–Trinajstić information content (AvgIpc) is 2.54. The number of Topliss-reactive ketones (excluding diaryl/α,β-unsaturated/α-hetero) is 1. The Labute approximate surface area is 139 Å². The number of carbonyl (C=O) groups is 2. The molecule has 0 heterocycles. The second kappa shape index (κ2) is 7.51. The van der Waals surface area contributed by atoms with Gasteiger partial charge in [0, 0.05) is 11.3 Å². The predicted molar refractivity (Wildman–Crippen MR) is 94.1 cm³/mol. The smallest absolute Gasteiger partial charge is 0.339 e. The van der Waals surface area contributed by atoms with Crippen molar-refractivity contribution in [2.45, 2.75) is 6.92 Å². The summed E-state index contributed by atoms with van der Waals surface area (Å²) in [6.45, 7) is 1.50. The number of hydrogen-bond acceptors (Lipinski definition) is 4. The fraction of sp³-hybridized carbons (Fsp3) is 0.118. The summed E-state index contributed by atoms with van der Waals surface area (Å²) in [6.07, 6.45) is 0. The van der Waals surface area contributed by atoms with E-state index in [0.717, 1.165) is 0 Å². The van der Waals surface area contributed by atoms with Crippen LogP contribution in [0, 0.1) is 0 Å². The minimum Gasteiger partial charge on any atom is -0.465 e. The quantitative estimate of drug-likeness (QED) is 0.509. The number of carbonyl (C=O) groups excluding carboxylic acids is 2. The summed E-state index contributed by atoms with van der Waals surface area (Å²) < 4.78 is 4.74. The lowest BCUT2D eigenvalue weighted by Gasteiger charge is -2.13. The number of thiocarbonyl (C=S) groups is 1. The van der Waals surface area contributed by atoms with Gasteiger partial charge in [-0.1, -0.05) is 24.3 Å². The molecule has 0 amide bonds. The number of anilines is 2. The highest BCUT2D eigenvalue weighted by Gasteiger charge is 2.12. The summed E-state index contributed by atoms with van der Waals surface area (Å²) in [7, 11) is 1.32. The SMILES string of the molecule is COC(=O)c1ccccc1NC(=S)Nc1cccc(C(C)=O)c1. The number of para-hydroxylation sites is 1. The van der Waals surface area contributed by atoms with Gasteiger partial charge in [-0.15, -0.1) is 0 Å². The van der Waals surface area contributed by atoms with Gasteiger partial charge in [0.15, 0.2) is 10.9 Å². The van der Waals surface area contributed by atoms with Crippen molar-refractivity contribution in [3.63, 3.8) is 0 Å². The first-order chi connectivity index (χ1) is 11.0. The van der Waals surface area contributed by atoms with Crippen LogP contribution in [0.2, 0.25) is 0 Å². The van der Waals surface area contributed by atoms with Gasteiger partial charge in [-0.05, 0) is 43.4 Å². The molecule has 2 aromatic carbocycles. The Morgan fingerprint density at radius 3 is 2.48 bits per heavy atom. The molecule has 0 aliphatic carbocycles. The maximum Gasteiger partial charge on any atom is 0.339 e. The van der Waals surface area contributed by atoms with E-state index in [0.29, 0.717) is 27.6 Å². The normalized spacial score (nSPS) is 9.83. The van der Waals surface area contributed by atoms with Crippen LogP contribution in [-0.4, -0.2) is 24.0 Å². The Hall–Kier alpha value is -2.73. The Balaban J connectivity index is 2.13. The van der Waals surface area contributed by atoms with Crippen molar-refractivity contribution < 1.29 is 14.3 Å². The van der Waals surface area contributed by atoms with E-state index in [4.69, 9.17) is 17.0 Å². The average molecular weight is 328 g/mol. The number of nitrogens with one attached hydrogen (secondary N) is 2. The Kier molecular flexibility index (Phi) is 5.43. The van der Waals surface area contributed by atoms with Crippen LogP contribution in [0.15, 0.2) is 48.5 Å². The van der Waals surface area contributed by atoms with Gasteiger partial charge in [-0.3, -0.25) is 4.79 Å². The molecule has 0 radical (unpaired) electrons. The maximum atomic E-state index is 11.7. The van der Waals surface area contributed by atoms with Crippen molar-refractivity contribution in [3.8, 4) is 0 Å². The molecule has 0 aliphatic heterocycles. The lowest BCUT2D eigenvalue weighted by molar-refractivity contribution is 0.0601. The van der Waals surface area contributed by atoms with E-state index in [-0.39, 0.29) is 5.78 Å². The summed E-state index contributed by atoms with van der Waals surface area (Å²) >= 11 is 5.25. The minimum absolute atomic E-state index is 0.0245. The Morgan fingerprint density at radius 2 is 1.78 bits per heavy atom. The molecule has 0 saturated heterocycles. The van der Waals surface area contributed by atoms with E-state index in [2.05, 4.69) is 10.6 Å². The number of ether oxygens (including phenoxy) is 1. The van der Waals surface area contributed by atoms with E-state index in [1.807, 2.05) is 0 Å². The molecule has 0 fully saturated rings. The van der Waals surface area contributed by atoms with Crippen molar-refractivity contribution in [2.24, 2.45) is 0 Å². The molecule has 2 rings (SSSR count). The van der Waals surface area contributed by atoms with Gasteiger partial charge in [0.2, 0.25) is 0 Å². The van der Waals surface area contributed by atoms with Crippen molar-refractivity contribution >= 4 is 40.5 Å². The van der Waals surface area contributed by atoms with E-state index in [1.54, 1.807) is 48.5 Å². The third kappa shape index (κ3) is 4.37. The number of rotatable bonds is 4. The number of esters is 1. The van der Waals surface area contributed by atoms with E-state index < -0.39 is 5.97 Å². The lowest BCUT2D eigenvalue weighted by Crippen LogP contribution is -2.21. The van der Waals surface area contributed by atoms with Crippen molar-refractivity contribution in [1.29, 1.82) is 0 Å². The molecule has 0 bridgehead atoms. The van der Waals surface area contributed by atoms with Crippen LogP contribution in [0.5, 0.6) is 0 Å². The fourth-order valence-electron chi connectivity index (χ4n) is 1.98. The standard InChI is InChI=1S/C17H16N2O3S/c1-11(20)12-6-5-7-13(10-12)18-17(23)19-15-9-4-3-8-14(15)16(21)22-2/h3-10H,1-2H3,(H2,18,19,23). The van der Waals surface area contributed by atoms with Gasteiger partial charge >= 0.3 is 5.97 Å². The Morgan fingerprint density at radius 1 is 1.04 bits per heavy atom. The third-order valence-electron chi connectivity index (χ3n) is 3.11. The molecular weight excluding hydrogens is 312 g/mol. The minimum atomic E-state index is -0.450. The molecule has 0 unspecified atom stereocenters. The highest BCUT2D eigenvalue weighted by molar-refractivity contribution is 7.80. The number of benzene rings is 2. The van der Waals surface area contributed by atoms with Crippen LogP contribution < -0.4 is 10.6 Å². The molecule has 2 aromatic rings. The summed E-state index contributed by atoms with van der Waals surface area (Å²) in [6, 6.07) is 13.9. The monoisotopic (exact) mass is 328 g/mol. The molecular formula is C17H16N2O3S. The second-order valence-corrected chi connectivity index (χ2v) is 5.16. The van der Waals surface area contributed by atoms with Gasteiger partial charge in [0.25, 0.3) is 0 Å². The first-order valence-electron chi connectivity index (χ1n) is 6.87. The van der Waals surface area contributed by atoms with Crippen LogP contribution in [0.4, 0.5) is 11.4 Å². The molecule has 23 heavy (non-hydrogen) atoms. The molecule has 0 aliphatic rings. The largest absolute Gasteiger partial charge is 0.465 e. The van der Waals surface area contributed by atoms with Crippen LogP contribution in [0.3, 0.4) is 0 Å². The zero-order valence-electron chi connectivity index (χ0n) is 12.8. The lowest BCUT2D eigenvalue weighted by atomic mass is 10.1. The van der Waals surface area contributed by atoms with Crippen molar-refractivity contribution in [2.75, 3.05) is 17.7 Å². The summed E-state index contributed by atoms with van der Waals surface area (Å²) in [5, 5.41) is 6.25. The second-order valence-electron chi connectivity index (χ2n) is 4.75. The topological polar surface area (TPSA) is 67.4 Å². The Bertz CT molecular complexity index is 759. The van der Waals surface area contributed by atoms with Crippen molar-refractivity contribution in [3.05, 3.63) is 59.7 Å². The first kappa shape index (κ1) is 16.6. The fourth-order valence-corrected chi connectivity index (χ4v) is 2.21. The van der Waals surface area contributed by atoms with Gasteiger partial charge in [0.1, 0.15) is 0 Å². The van der Waals surface area contributed by atoms with Gasteiger partial charge in [0.05, 0.1) is 18.4 Å². The molecule has 118 valence electrons. The zero-order chi connectivity index (χ0) is 16.8. The maximum absolute atomic E-state index is 11.7. The van der Waals surface area contributed by atoms with Crippen molar-refractivity contribution in [1.82, 2.24) is 0 Å². The molecule has 5 nitrogen and oxygen atoms in total. The van der Waals surface area contributed by atoms with E-state index in [9.17, 15) is 9.59 Å². The first-order valence-corrected chi connectivity index (χ1v) is 7.28. The van der Waals surface area contributed by atoms with Crippen LogP contribution in [0.1, 0.15) is 27.6 Å². The number of methoxy groups -OCH3 is 1. The molecule has 0 saturated carbocycles. The van der Waals surface area contributed by atoms with Gasteiger partial charge < -0.3 is 15.4 Å². The van der Waals surface area contributed by atoms with Crippen LogP contribution in [0.25, 0.3) is 0 Å². The summed E-state index contributed by atoms with van der Waals surface area (Å²) in [5.74, 6) is -0.474. The third-order valence-corrected chi connectivity index (χ3v) is 3.31. The van der Waals surface area contributed by atoms with Gasteiger partial charge in [-0.2, -0.15) is 0 Å². The molecule has 6 heteroatoms. The molecule has 2 N–H and O–H groups in total. The number of hydrogen-bond donors (Lipinski definition) is 2.